The number of nitrogen functional groups attached to an aromatic ring is 1. The van der Waals surface area contributed by atoms with Crippen molar-refractivity contribution in [2.45, 2.75) is 64.8 Å². The largest absolute Gasteiger partial charge is 0.398 e. The average Bonchev–Trinajstić information content (AvgIpc) is 2.32. The topological polar surface area (TPSA) is 72.2 Å². The van der Waals surface area contributed by atoms with Crippen LogP contribution in [-0.2, 0) is 10.0 Å². The summed E-state index contributed by atoms with van der Waals surface area (Å²) in [6, 6.07) is 1.76. The lowest BCUT2D eigenvalue weighted by Crippen LogP contribution is -2.33. The standard InChI is InChI=1S/C15H26N2O2S/c1-6-7-8-12(4)17-20(18,19)15-11(3)9-10(2)14(16)13(15)5/h9,12,17H,6-8,16H2,1-5H3. The van der Waals surface area contributed by atoms with Crippen molar-refractivity contribution in [2.75, 3.05) is 5.73 Å². The van der Waals surface area contributed by atoms with Crippen molar-refractivity contribution < 1.29 is 8.42 Å². The summed E-state index contributed by atoms with van der Waals surface area (Å²) in [5, 5.41) is 0. The number of hydrogen-bond acceptors (Lipinski definition) is 3. The Bertz CT molecular complexity index is 580. The molecule has 5 heteroatoms. The molecule has 0 bridgehead atoms. The average molecular weight is 298 g/mol. The van der Waals surface area contributed by atoms with Gasteiger partial charge in [-0.1, -0.05) is 25.8 Å². The molecule has 0 aliphatic heterocycles. The highest BCUT2D eigenvalue weighted by Gasteiger charge is 2.23. The first-order chi connectivity index (χ1) is 9.20. The van der Waals surface area contributed by atoms with Gasteiger partial charge in [0.15, 0.2) is 0 Å². The minimum atomic E-state index is -3.52. The van der Waals surface area contributed by atoms with Crippen LogP contribution in [0.2, 0.25) is 0 Å². The molecule has 1 atom stereocenters. The maximum atomic E-state index is 12.5. The van der Waals surface area contributed by atoms with E-state index in [9.17, 15) is 8.42 Å². The smallest absolute Gasteiger partial charge is 0.241 e. The third kappa shape index (κ3) is 3.73. The van der Waals surface area contributed by atoms with Crippen molar-refractivity contribution >= 4 is 15.7 Å². The predicted molar refractivity (Wildman–Crippen MR) is 84.4 cm³/mol. The van der Waals surface area contributed by atoms with Gasteiger partial charge in [0.05, 0.1) is 4.90 Å². The van der Waals surface area contributed by atoms with Crippen molar-refractivity contribution in [2.24, 2.45) is 0 Å². The van der Waals surface area contributed by atoms with Gasteiger partial charge in [0, 0.05) is 11.7 Å². The van der Waals surface area contributed by atoms with Crippen LogP contribution >= 0.6 is 0 Å². The van der Waals surface area contributed by atoms with Crippen LogP contribution < -0.4 is 10.5 Å². The Morgan fingerprint density at radius 3 is 2.40 bits per heavy atom. The third-order valence-electron chi connectivity index (χ3n) is 3.58. The second kappa shape index (κ2) is 6.59. The second-order valence-electron chi connectivity index (χ2n) is 5.54. The van der Waals surface area contributed by atoms with Crippen LogP contribution in [0.1, 0.15) is 49.8 Å². The van der Waals surface area contributed by atoms with Gasteiger partial charge < -0.3 is 5.73 Å². The van der Waals surface area contributed by atoms with E-state index in [1.54, 1.807) is 6.92 Å². The number of anilines is 1. The fraction of sp³-hybridized carbons (Fsp3) is 0.600. The number of rotatable bonds is 6. The molecule has 1 aromatic rings. The Morgan fingerprint density at radius 1 is 1.25 bits per heavy atom. The molecule has 0 aromatic heterocycles. The molecule has 20 heavy (non-hydrogen) atoms. The van der Waals surface area contributed by atoms with Crippen molar-refractivity contribution in [3.05, 3.63) is 22.8 Å². The summed E-state index contributed by atoms with van der Waals surface area (Å²) in [5.74, 6) is 0. The third-order valence-corrected chi connectivity index (χ3v) is 5.45. The molecule has 1 rings (SSSR count). The molecule has 0 saturated heterocycles. The lowest BCUT2D eigenvalue weighted by atomic mass is 10.1. The fourth-order valence-electron chi connectivity index (χ4n) is 2.49. The molecule has 0 aliphatic rings. The van der Waals surface area contributed by atoms with Crippen LogP contribution in [0.3, 0.4) is 0 Å². The molecule has 0 saturated carbocycles. The number of unbranched alkanes of at least 4 members (excludes halogenated alkanes) is 1. The maximum Gasteiger partial charge on any atom is 0.241 e. The predicted octanol–water partition coefficient (Wildman–Crippen LogP) is 3.05. The van der Waals surface area contributed by atoms with Gasteiger partial charge in [-0.3, -0.25) is 0 Å². The molecule has 114 valence electrons. The molecule has 0 radical (unpaired) electrons. The Balaban J connectivity index is 3.14. The van der Waals surface area contributed by atoms with Crippen LogP contribution in [0.5, 0.6) is 0 Å². The molecular formula is C15H26N2O2S. The summed E-state index contributed by atoms with van der Waals surface area (Å²) in [4.78, 5) is 0.323. The van der Waals surface area contributed by atoms with Crippen LogP contribution in [0.15, 0.2) is 11.0 Å². The summed E-state index contributed by atoms with van der Waals surface area (Å²) >= 11 is 0. The van der Waals surface area contributed by atoms with Gasteiger partial charge in [0.2, 0.25) is 10.0 Å². The van der Waals surface area contributed by atoms with Crippen LogP contribution in [0, 0.1) is 20.8 Å². The minimum absolute atomic E-state index is 0.0683. The molecule has 0 fully saturated rings. The molecule has 4 nitrogen and oxygen atoms in total. The van der Waals surface area contributed by atoms with E-state index in [2.05, 4.69) is 11.6 Å². The molecule has 0 spiro atoms. The monoisotopic (exact) mass is 298 g/mol. The number of benzene rings is 1. The zero-order chi connectivity index (χ0) is 15.5. The SMILES string of the molecule is CCCCC(C)NS(=O)(=O)c1c(C)cc(C)c(N)c1C. The zero-order valence-electron chi connectivity index (χ0n) is 13.1. The van der Waals surface area contributed by atoms with Crippen LogP contribution in [0.25, 0.3) is 0 Å². The van der Waals surface area contributed by atoms with Gasteiger partial charge in [0.25, 0.3) is 0 Å². The van der Waals surface area contributed by atoms with Crippen LogP contribution in [-0.4, -0.2) is 14.5 Å². The summed E-state index contributed by atoms with van der Waals surface area (Å²) in [7, 11) is -3.52. The Kier molecular flexibility index (Phi) is 5.59. The summed E-state index contributed by atoms with van der Waals surface area (Å²) < 4.78 is 27.8. The molecule has 0 heterocycles. The minimum Gasteiger partial charge on any atom is -0.398 e. The maximum absolute atomic E-state index is 12.5. The quantitative estimate of drug-likeness (QED) is 0.793. The van der Waals surface area contributed by atoms with E-state index in [4.69, 9.17) is 5.73 Å². The Hall–Kier alpha value is -1.07. The summed E-state index contributed by atoms with van der Waals surface area (Å²) in [6.45, 7) is 9.46. The van der Waals surface area contributed by atoms with Crippen molar-refractivity contribution in [3.63, 3.8) is 0 Å². The highest BCUT2D eigenvalue weighted by molar-refractivity contribution is 7.89. The van der Waals surface area contributed by atoms with Crippen molar-refractivity contribution in [3.8, 4) is 0 Å². The number of aryl methyl sites for hydroxylation is 2. The molecule has 0 amide bonds. The van der Waals surface area contributed by atoms with Gasteiger partial charge in [-0.05, 0) is 50.8 Å². The first-order valence-electron chi connectivity index (χ1n) is 7.09. The fourth-order valence-corrected chi connectivity index (χ4v) is 4.25. The molecule has 3 N–H and O–H groups in total. The highest BCUT2D eigenvalue weighted by atomic mass is 32.2. The van der Waals surface area contributed by atoms with Gasteiger partial charge in [-0.25, -0.2) is 13.1 Å². The molecule has 1 unspecified atom stereocenters. The van der Waals surface area contributed by atoms with Gasteiger partial charge in [-0.15, -0.1) is 0 Å². The van der Waals surface area contributed by atoms with Crippen LogP contribution in [0.4, 0.5) is 5.69 Å². The Labute approximate surface area is 122 Å². The molecule has 1 aromatic carbocycles. The zero-order valence-corrected chi connectivity index (χ0v) is 13.9. The summed E-state index contributed by atoms with van der Waals surface area (Å²) in [5.41, 5.74) is 8.81. The van der Waals surface area contributed by atoms with E-state index in [0.29, 0.717) is 16.1 Å². The van der Waals surface area contributed by atoms with E-state index in [-0.39, 0.29) is 6.04 Å². The Morgan fingerprint density at radius 2 is 1.85 bits per heavy atom. The van der Waals surface area contributed by atoms with E-state index in [1.807, 2.05) is 26.8 Å². The highest BCUT2D eigenvalue weighted by Crippen LogP contribution is 2.28. The van der Waals surface area contributed by atoms with E-state index >= 15 is 0 Å². The first kappa shape index (κ1) is 17.0. The van der Waals surface area contributed by atoms with Gasteiger partial charge in [0.1, 0.15) is 0 Å². The van der Waals surface area contributed by atoms with E-state index in [0.717, 1.165) is 30.4 Å². The van der Waals surface area contributed by atoms with Gasteiger partial charge >= 0.3 is 0 Å². The van der Waals surface area contributed by atoms with Gasteiger partial charge in [-0.2, -0.15) is 0 Å². The lowest BCUT2D eigenvalue weighted by Gasteiger charge is -2.18. The lowest BCUT2D eigenvalue weighted by molar-refractivity contribution is 0.533. The molecule has 0 aliphatic carbocycles. The number of sulfonamides is 1. The number of nitrogens with one attached hydrogen (secondary N) is 1. The number of nitrogens with two attached hydrogens (primary N) is 1. The first-order valence-corrected chi connectivity index (χ1v) is 8.57. The normalized spacial score (nSPS) is 13.4. The molecular weight excluding hydrogens is 272 g/mol. The summed E-state index contributed by atoms with van der Waals surface area (Å²) in [6.07, 6.45) is 2.91. The van der Waals surface area contributed by atoms with Crippen molar-refractivity contribution in [1.82, 2.24) is 4.72 Å². The number of hydrogen-bond donors (Lipinski definition) is 2. The van der Waals surface area contributed by atoms with Crippen molar-refractivity contribution in [1.29, 1.82) is 0 Å². The van der Waals surface area contributed by atoms with E-state index < -0.39 is 10.0 Å². The second-order valence-corrected chi connectivity index (χ2v) is 7.19. The van der Waals surface area contributed by atoms with E-state index in [1.165, 1.54) is 0 Å².